The summed E-state index contributed by atoms with van der Waals surface area (Å²) in [6, 6.07) is 33.0. The Hall–Kier alpha value is -2.16. The largest absolute Gasteiger partial charge is 0.413 e. The van der Waals surface area contributed by atoms with Gasteiger partial charge in [0.15, 0.2) is 0 Å². The Morgan fingerprint density at radius 3 is 1.48 bits per heavy atom. The zero-order valence-corrected chi connectivity index (χ0v) is 20.7. The van der Waals surface area contributed by atoms with E-state index in [4.69, 9.17) is 4.43 Å². The molecule has 0 aliphatic heterocycles. The maximum atomic E-state index is 7.09. The molecule has 0 amide bonds. The summed E-state index contributed by atoms with van der Waals surface area (Å²) < 4.78 is 7.09. The summed E-state index contributed by atoms with van der Waals surface area (Å²) >= 11 is 0. The average Bonchev–Trinajstić information content (AvgIpc) is 2.79. The summed E-state index contributed by atoms with van der Waals surface area (Å²) in [6.45, 7) is 9.35. The molecule has 1 nitrogen and oxygen atoms in total. The van der Waals surface area contributed by atoms with E-state index in [1.807, 2.05) is 0 Å². The highest BCUT2D eigenvalue weighted by Crippen LogP contribution is 2.47. The molecule has 3 aromatic carbocycles. The molecule has 0 radical (unpaired) electrons. The van der Waals surface area contributed by atoms with Crippen molar-refractivity contribution in [3.8, 4) is 0 Å². The van der Waals surface area contributed by atoms with E-state index in [9.17, 15) is 0 Å². The molecule has 0 bridgehead atoms. The SMILES string of the molecule is CCCCCCC(C)O[Si](C)(C)C(c1ccccc1)(c1ccccc1)c1ccccc1. The summed E-state index contributed by atoms with van der Waals surface area (Å²) in [6.07, 6.45) is 6.52. The first kappa shape index (κ1) is 23.5. The third kappa shape index (κ3) is 5.19. The summed E-state index contributed by atoms with van der Waals surface area (Å²) in [4.78, 5) is 0. The highest BCUT2D eigenvalue weighted by Gasteiger charge is 2.52. The van der Waals surface area contributed by atoms with Crippen molar-refractivity contribution in [3.05, 3.63) is 108 Å². The standard InChI is InChI=1S/C29H38OSi/c1-5-6-7-11-18-25(2)30-31(3,4)29(26-19-12-8-13-20-26,27-21-14-9-15-22-27)28-23-16-10-17-24-28/h8-10,12-17,19-25H,5-7,11,18H2,1-4H3. The second-order valence-electron chi connectivity index (χ2n) is 9.14. The van der Waals surface area contributed by atoms with E-state index in [1.165, 1.54) is 42.4 Å². The molecule has 3 rings (SSSR count). The van der Waals surface area contributed by atoms with Gasteiger partial charge in [-0.05, 0) is 43.1 Å². The van der Waals surface area contributed by atoms with E-state index >= 15 is 0 Å². The van der Waals surface area contributed by atoms with Gasteiger partial charge in [-0.1, -0.05) is 124 Å². The Kier molecular flexibility index (Phi) is 8.28. The Morgan fingerprint density at radius 2 is 1.10 bits per heavy atom. The number of unbranched alkanes of at least 4 members (excludes halogenated alkanes) is 3. The maximum absolute atomic E-state index is 7.09. The van der Waals surface area contributed by atoms with Crippen LogP contribution in [-0.4, -0.2) is 14.4 Å². The van der Waals surface area contributed by atoms with Gasteiger partial charge in [0.25, 0.3) is 0 Å². The molecule has 0 aromatic heterocycles. The van der Waals surface area contributed by atoms with Crippen molar-refractivity contribution in [2.75, 3.05) is 0 Å². The minimum absolute atomic E-state index is 0.258. The van der Waals surface area contributed by atoms with Crippen LogP contribution in [0.25, 0.3) is 0 Å². The smallest absolute Gasteiger partial charge is 0.206 e. The molecular weight excluding hydrogens is 392 g/mol. The molecule has 1 atom stereocenters. The molecule has 31 heavy (non-hydrogen) atoms. The second-order valence-corrected chi connectivity index (χ2v) is 13.1. The molecule has 0 N–H and O–H groups in total. The molecule has 0 aliphatic carbocycles. The van der Waals surface area contributed by atoms with E-state index in [2.05, 4.69) is 118 Å². The third-order valence-electron chi connectivity index (χ3n) is 6.48. The minimum atomic E-state index is -2.34. The van der Waals surface area contributed by atoms with Gasteiger partial charge < -0.3 is 4.43 Å². The lowest BCUT2D eigenvalue weighted by Crippen LogP contribution is -2.57. The normalized spacial score (nSPS) is 13.2. The van der Waals surface area contributed by atoms with E-state index in [0.29, 0.717) is 0 Å². The summed E-state index contributed by atoms with van der Waals surface area (Å²) in [5, 5.41) is -0.283. The fourth-order valence-electron chi connectivity index (χ4n) is 5.12. The monoisotopic (exact) mass is 430 g/mol. The van der Waals surface area contributed by atoms with E-state index in [1.54, 1.807) is 0 Å². The Bertz CT molecular complexity index is 793. The second kappa shape index (κ2) is 10.9. The molecule has 0 spiro atoms. The summed E-state index contributed by atoms with van der Waals surface area (Å²) in [7, 11) is -2.34. The van der Waals surface area contributed by atoms with Gasteiger partial charge in [-0.2, -0.15) is 0 Å². The quantitative estimate of drug-likeness (QED) is 0.169. The number of rotatable bonds is 11. The first-order valence-corrected chi connectivity index (χ1v) is 14.8. The minimum Gasteiger partial charge on any atom is -0.413 e. The van der Waals surface area contributed by atoms with Gasteiger partial charge in [0.1, 0.15) is 0 Å². The lowest BCUT2D eigenvalue weighted by molar-refractivity contribution is 0.188. The highest BCUT2D eigenvalue weighted by molar-refractivity contribution is 6.76. The van der Waals surface area contributed by atoms with Gasteiger partial charge in [0, 0.05) is 6.10 Å². The van der Waals surface area contributed by atoms with Gasteiger partial charge in [0.2, 0.25) is 8.32 Å². The Balaban J connectivity index is 2.11. The van der Waals surface area contributed by atoms with Gasteiger partial charge >= 0.3 is 0 Å². The van der Waals surface area contributed by atoms with Crippen LogP contribution in [0.1, 0.15) is 62.6 Å². The highest BCUT2D eigenvalue weighted by atomic mass is 28.4. The van der Waals surface area contributed by atoms with Crippen molar-refractivity contribution in [2.24, 2.45) is 0 Å². The zero-order chi connectivity index (χ0) is 22.2. The summed E-state index contributed by atoms with van der Waals surface area (Å²) in [5.74, 6) is 0. The Labute approximate surface area is 190 Å². The lowest BCUT2D eigenvalue weighted by Gasteiger charge is -2.47. The van der Waals surface area contributed by atoms with Crippen LogP contribution in [0.4, 0.5) is 0 Å². The molecule has 3 aromatic rings. The molecule has 1 unspecified atom stereocenters. The predicted octanol–water partition coefficient (Wildman–Crippen LogP) is 8.14. The molecule has 0 heterocycles. The molecule has 0 aliphatic rings. The van der Waals surface area contributed by atoms with Crippen molar-refractivity contribution in [1.29, 1.82) is 0 Å². The lowest BCUT2D eigenvalue weighted by atomic mass is 9.84. The molecular formula is C29H38OSi. The van der Waals surface area contributed by atoms with Gasteiger partial charge in [-0.3, -0.25) is 0 Å². The number of benzene rings is 3. The Morgan fingerprint density at radius 1 is 0.677 bits per heavy atom. The molecule has 2 heteroatoms. The fraction of sp³-hybridized carbons (Fsp3) is 0.379. The summed E-state index contributed by atoms with van der Waals surface area (Å²) in [5.41, 5.74) is 3.96. The molecule has 0 fully saturated rings. The van der Waals surface area contributed by atoms with Gasteiger partial charge in [-0.25, -0.2) is 0 Å². The van der Waals surface area contributed by atoms with Crippen molar-refractivity contribution in [2.45, 2.75) is 70.2 Å². The van der Waals surface area contributed by atoms with Crippen molar-refractivity contribution >= 4 is 8.32 Å². The maximum Gasteiger partial charge on any atom is 0.206 e. The number of hydrogen-bond acceptors (Lipinski definition) is 1. The van der Waals surface area contributed by atoms with Crippen LogP contribution in [0, 0.1) is 0 Å². The zero-order valence-electron chi connectivity index (χ0n) is 19.7. The molecule has 0 saturated carbocycles. The van der Waals surface area contributed by atoms with Crippen LogP contribution in [0.2, 0.25) is 13.1 Å². The number of hydrogen-bond donors (Lipinski definition) is 0. The van der Waals surface area contributed by atoms with E-state index < -0.39 is 8.32 Å². The van der Waals surface area contributed by atoms with E-state index in [-0.39, 0.29) is 11.1 Å². The van der Waals surface area contributed by atoms with Crippen LogP contribution >= 0.6 is 0 Å². The predicted molar refractivity (Wildman–Crippen MR) is 136 cm³/mol. The first-order valence-electron chi connectivity index (χ1n) is 11.9. The van der Waals surface area contributed by atoms with Crippen molar-refractivity contribution < 1.29 is 4.43 Å². The van der Waals surface area contributed by atoms with E-state index in [0.717, 1.165) is 6.42 Å². The van der Waals surface area contributed by atoms with Gasteiger partial charge in [-0.15, -0.1) is 0 Å². The van der Waals surface area contributed by atoms with Crippen LogP contribution in [0.5, 0.6) is 0 Å². The fourth-order valence-corrected chi connectivity index (χ4v) is 9.00. The van der Waals surface area contributed by atoms with Crippen LogP contribution in [-0.2, 0) is 9.46 Å². The average molecular weight is 431 g/mol. The first-order chi connectivity index (χ1) is 15.0. The third-order valence-corrected chi connectivity index (χ3v) is 10.1. The molecule has 164 valence electrons. The van der Waals surface area contributed by atoms with Crippen molar-refractivity contribution in [1.82, 2.24) is 0 Å². The molecule has 0 saturated heterocycles. The van der Waals surface area contributed by atoms with Crippen LogP contribution < -0.4 is 0 Å². The van der Waals surface area contributed by atoms with Crippen molar-refractivity contribution in [3.63, 3.8) is 0 Å². The topological polar surface area (TPSA) is 9.23 Å². The van der Waals surface area contributed by atoms with Gasteiger partial charge in [0.05, 0.1) is 5.04 Å². The van der Waals surface area contributed by atoms with Crippen LogP contribution in [0.3, 0.4) is 0 Å². The van der Waals surface area contributed by atoms with Crippen LogP contribution in [0.15, 0.2) is 91.0 Å².